The lowest BCUT2D eigenvalue weighted by atomic mass is 10.2. The highest BCUT2D eigenvalue weighted by atomic mass is 32.1. The Kier molecular flexibility index (Phi) is 5.35. The van der Waals surface area contributed by atoms with Crippen LogP contribution in [0.5, 0.6) is 5.75 Å². The van der Waals surface area contributed by atoms with Crippen molar-refractivity contribution in [2.45, 2.75) is 13.5 Å². The molecule has 0 saturated heterocycles. The molecule has 0 aliphatic carbocycles. The zero-order chi connectivity index (χ0) is 20.2. The fourth-order valence-electron chi connectivity index (χ4n) is 2.80. The molecule has 0 aliphatic heterocycles. The minimum absolute atomic E-state index is 0.0908. The SMILES string of the molecule is COc1cccc(-c2nc(COC(=O)c3cnn(-c4ccccn4)c3C)cs2)c1. The molecule has 0 bridgehead atoms. The van der Waals surface area contributed by atoms with Crippen LogP contribution >= 0.6 is 11.3 Å². The number of benzene rings is 1. The van der Waals surface area contributed by atoms with Gasteiger partial charge < -0.3 is 9.47 Å². The van der Waals surface area contributed by atoms with Crippen LogP contribution in [-0.4, -0.2) is 32.8 Å². The third-order valence-electron chi connectivity index (χ3n) is 4.32. The minimum Gasteiger partial charge on any atom is -0.497 e. The van der Waals surface area contributed by atoms with Crippen LogP contribution in [-0.2, 0) is 11.3 Å². The third-order valence-corrected chi connectivity index (χ3v) is 5.26. The van der Waals surface area contributed by atoms with E-state index in [2.05, 4.69) is 15.1 Å². The number of hydrogen-bond donors (Lipinski definition) is 0. The van der Waals surface area contributed by atoms with Crippen LogP contribution in [0.3, 0.4) is 0 Å². The number of carbonyl (C=O) groups is 1. The second-order valence-corrected chi connectivity index (χ2v) is 7.05. The molecule has 0 atom stereocenters. The molecular weight excluding hydrogens is 388 g/mol. The smallest absolute Gasteiger partial charge is 0.342 e. The van der Waals surface area contributed by atoms with Gasteiger partial charge in [0.25, 0.3) is 0 Å². The summed E-state index contributed by atoms with van der Waals surface area (Å²) in [6.45, 7) is 1.90. The first kappa shape index (κ1) is 18.8. The van der Waals surface area contributed by atoms with Gasteiger partial charge >= 0.3 is 5.97 Å². The van der Waals surface area contributed by atoms with E-state index in [0.29, 0.717) is 22.8 Å². The summed E-state index contributed by atoms with van der Waals surface area (Å²) >= 11 is 1.49. The van der Waals surface area contributed by atoms with Crippen LogP contribution in [0.25, 0.3) is 16.4 Å². The molecule has 4 aromatic rings. The lowest BCUT2D eigenvalue weighted by Crippen LogP contribution is -2.08. The molecule has 0 saturated carbocycles. The van der Waals surface area contributed by atoms with E-state index < -0.39 is 5.97 Å². The second kappa shape index (κ2) is 8.24. The summed E-state index contributed by atoms with van der Waals surface area (Å²) in [6, 6.07) is 13.2. The number of carbonyl (C=O) groups excluding carboxylic acids is 1. The van der Waals surface area contributed by atoms with E-state index in [1.807, 2.05) is 54.8 Å². The summed E-state index contributed by atoms with van der Waals surface area (Å²) in [5.41, 5.74) is 2.72. The largest absolute Gasteiger partial charge is 0.497 e. The normalized spacial score (nSPS) is 10.7. The van der Waals surface area contributed by atoms with Crippen molar-refractivity contribution in [2.24, 2.45) is 0 Å². The van der Waals surface area contributed by atoms with Crippen molar-refractivity contribution in [3.05, 3.63) is 77.2 Å². The predicted octanol–water partition coefficient (Wildman–Crippen LogP) is 4.06. The third kappa shape index (κ3) is 4.02. The van der Waals surface area contributed by atoms with Gasteiger partial charge in [0.05, 0.1) is 24.7 Å². The summed E-state index contributed by atoms with van der Waals surface area (Å²) in [6.07, 6.45) is 3.17. The van der Waals surface area contributed by atoms with Gasteiger partial charge in [-0.25, -0.2) is 19.4 Å². The summed E-state index contributed by atoms with van der Waals surface area (Å²) in [5.74, 6) is 0.971. The van der Waals surface area contributed by atoms with E-state index >= 15 is 0 Å². The van der Waals surface area contributed by atoms with Crippen LogP contribution in [0.2, 0.25) is 0 Å². The molecule has 4 rings (SSSR count). The molecule has 3 heterocycles. The first-order valence-corrected chi connectivity index (χ1v) is 9.75. The molecule has 1 aromatic carbocycles. The fourth-order valence-corrected chi connectivity index (χ4v) is 3.60. The van der Waals surface area contributed by atoms with Crippen LogP contribution in [0, 0.1) is 6.92 Å². The molecule has 146 valence electrons. The van der Waals surface area contributed by atoms with Crippen LogP contribution in [0.4, 0.5) is 0 Å². The number of pyridine rings is 1. The van der Waals surface area contributed by atoms with Gasteiger partial charge in [0.2, 0.25) is 0 Å². The second-order valence-electron chi connectivity index (χ2n) is 6.20. The van der Waals surface area contributed by atoms with Crippen LogP contribution in [0.15, 0.2) is 60.2 Å². The summed E-state index contributed by atoms with van der Waals surface area (Å²) < 4.78 is 12.3. The molecule has 7 nitrogen and oxygen atoms in total. The first-order valence-electron chi connectivity index (χ1n) is 8.87. The van der Waals surface area contributed by atoms with Crippen molar-refractivity contribution >= 4 is 17.3 Å². The number of rotatable bonds is 6. The predicted molar refractivity (Wildman–Crippen MR) is 109 cm³/mol. The Morgan fingerprint density at radius 3 is 2.90 bits per heavy atom. The number of methoxy groups -OCH3 is 1. The number of esters is 1. The van der Waals surface area contributed by atoms with Gasteiger partial charge in [0.15, 0.2) is 5.82 Å². The van der Waals surface area contributed by atoms with Gasteiger partial charge in [0, 0.05) is 17.1 Å². The monoisotopic (exact) mass is 406 g/mol. The Balaban J connectivity index is 1.44. The zero-order valence-corrected chi connectivity index (χ0v) is 16.7. The highest BCUT2D eigenvalue weighted by molar-refractivity contribution is 7.13. The maximum absolute atomic E-state index is 12.5. The molecule has 8 heteroatoms. The maximum Gasteiger partial charge on any atom is 0.342 e. The molecule has 0 fully saturated rings. The highest BCUT2D eigenvalue weighted by Crippen LogP contribution is 2.27. The van der Waals surface area contributed by atoms with Crippen LogP contribution in [0.1, 0.15) is 21.7 Å². The Labute approximate surface area is 171 Å². The van der Waals surface area contributed by atoms with E-state index in [1.54, 1.807) is 18.0 Å². The number of thiazole rings is 1. The van der Waals surface area contributed by atoms with Gasteiger partial charge in [-0.2, -0.15) is 5.10 Å². The molecule has 0 radical (unpaired) electrons. The Morgan fingerprint density at radius 2 is 2.10 bits per heavy atom. The van der Waals surface area contributed by atoms with Crippen molar-refractivity contribution in [2.75, 3.05) is 7.11 Å². The van der Waals surface area contributed by atoms with Gasteiger partial charge in [-0.15, -0.1) is 11.3 Å². The number of nitrogens with zero attached hydrogens (tertiary/aromatic N) is 4. The summed E-state index contributed by atoms with van der Waals surface area (Å²) in [4.78, 5) is 21.3. The highest BCUT2D eigenvalue weighted by Gasteiger charge is 2.17. The lowest BCUT2D eigenvalue weighted by Gasteiger charge is -2.05. The Hall–Kier alpha value is -3.52. The van der Waals surface area contributed by atoms with Crippen LogP contribution < -0.4 is 4.74 Å². The Morgan fingerprint density at radius 1 is 1.21 bits per heavy atom. The number of aromatic nitrogens is 4. The van der Waals surface area contributed by atoms with E-state index in [1.165, 1.54) is 17.5 Å². The van der Waals surface area contributed by atoms with Gasteiger partial charge in [-0.05, 0) is 31.2 Å². The molecule has 0 spiro atoms. The molecule has 0 aliphatic rings. The lowest BCUT2D eigenvalue weighted by molar-refractivity contribution is 0.0467. The quantitative estimate of drug-likeness (QED) is 0.449. The molecular formula is C21H18N4O3S. The molecule has 0 unspecified atom stereocenters. The summed E-state index contributed by atoms with van der Waals surface area (Å²) in [7, 11) is 1.63. The van der Waals surface area contributed by atoms with Gasteiger partial charge in [-0.1, -0.05) is 18.2 Å². The standard InChI is InChI=1S/C21H18N4O3S/c1-14-18(11-23-25(14)19-8-3-4-9-22-19)21(26)28-12-16-13-29-20(24-16)15-6-5-7-17(10-15)27-2/h3-11,13H,12H2,1-2H3. The average molecular weight is 406 g/mol. The molecule has 3 aromatic heterocycles. The molecule has 0 amide bonds. The topological polar surface area (TPSA) is 79.1 Å². The van der Waals surface area contributed by atoms with Crippen molar-refractivity contribution in [1.29, 1.82) is 0 Å². The van der Waals surface area contributed by atoms with E-state index in [4.69, 9.17) is 9.47 Å². The zero-order valence-electron chi connectivity index (χ0n) is 15.9. The van der Waals surface area contributed by atoms with Crippen molar-refractivity contribution in [3.63, 3.8) is 0 Å². The Bertz CT molecular complexity index is 1140. The summed E-state index contributed by atoms with van der Waals surface area (Å²) in [5, 5.41) is 6.97. The van der Waals surface area contributed by atoms with E-state index in [-0.39, 0.29) is 6.61 Å². The van der Waals surface area contributed by atoms with Crippen molar-refractivity contribution in [1.82, 2.24) is 19.7 Å². The molecule has 29 heavy (non-hydrogen) atoms. The van der Waals surface area contributed by atoms with Crippen molar-refractivity contribution < 1.29 is 14.3 Å². The fraction of sp³-hybridized carbons (Fsp3) is 0.143. The number of ether oxygens (including phenoxy) is 2. The maximum atomic E-state index is 12.5. The van der Waals surface area contributed by atoms with Crippen molar-refractivity contribution in [3.8, 4) is 22.1 Å². The number of hydrogen-bond acceptors (Lipinski definition) is 7. The average Bonchev–Trinajstić information content (AvgIpc) is 3.39. The van der Waals surface area contributed by atoms with E-state index in [0.717, 1.165) is 16.3 Å². The van der Waals surface area contributed by atoms with Gasteiger partial charge in [0.1, 0.15) is 22.9 Å². The molecule has 0 N–H and O–H groups in total. The minimum atomic E-state index is -0.444. The first-order chi connectivity index (χ1) is 14.2. The van der Waals surface area contributed by atoms with Gasteiger partial charge in [-0.3, -0.25) is 0 Å². The van der Waals surface area contributed by atoms with E-state index in [9.17, 15) is 4.79 Å².